The van der Waals surface area contributed by atoms with Crippen LogP contribution in [0, 0.1) is 0 Å². The first-order valence-corrected chi connectivity index (χ1v) is 14.6. The molecule has 3 amide bonds. The highest BCUT2D eigenvalue weighted by molar-refractivity contribution is 7.84. The standard InChI is InChI=1S/C23H23N9O11S2/c1-23(2,21(38)39)43-31-15(11-8-44-22(24)29-11)19(36)30-16-12(32(20(16)37)45(40,41)42)6-27-18(35)9-3-4-25-17(28-9)10-5-13(33)14(34)7-26-10/h3-5,7-8,12,16,34H,6H2,1-2H3,(H2,24,29)(H,26,33)(H,27,35)(H,30,36)(H,38,39)(H,40,41,42)/t12-,16+/m1/s1. The van der Waals surface area contributed by atoms with Gasteiger partial charge in [-0.3, -0.25) is 23.7 Å². The number of amides is 3. The van der Waals surface area contributed by atoms with Crippen LogP contribution >= 0.6 is 11.3 Å². The van der Waals surface area contributed by atoms with E-state index in [2.05, 4.69) is 35.7 Å². The Morgan fingerprint density at radius 1 is 1.24 bits per heavy atom. The molecule has 20 nitrogen and oxygen atoms in total. The summed E-state index contributed by atoms with van der Waals surface area (Å²) in [6, 6.07) is -1.01. The first-order chi connectivity index (χ1) is 21.0. The molecular weight excluding hydrogens is 642 g/mol. The van der Waals surface area contributed by atoms with E-state index >= 15 is 0 Å². The van der Waals surface area contributed by atoms with Gasteiger partial charge in [-0.05, 0) is 19.9 Å². The first-order valence-electron chi connectivity index (χ1n) is 12.4. The Hall–Kier alpha value is -5.48. The van der Waals surface area contributed by atoms with E-state index < -0.39 is 75.1 Å². The van der Waals surface area contributed by atoms with E-state index in [1.54, 1.807) is 0 Å². The van der Waals surface area contributed by atoms with Gasteiger partial charge in [0.1, 0.15) is 17.4 Å². The largest absolute Gasteiger partial charge is 0.503 e. The van der Waals surface area contributed by atoms with E-state index in [9.17, 15) is 47.2 Å². The molecule has 3 aromatic heterocycles. The SMILES string of the molecule is CC(C)(ON=C(C(=O)N[C@@H]1C(=O)N(S(=O)(=O)O)[C@@H]1CNC(=O)c1ccnc(-c2cc(=O)c(O)c[nH]2)n1)c1csc(N)n1)C(=O)O. The van der Waals surface area contributed by atoms with Crippen LogP contribution < -0.4 is 21.8 Å². The Bertz CT molecular complexity index is 1890. The molecule has 45 heavy (non-hydrogen) atoms. The van der Waals surface area contributed by atoms with Crippen LogP contribution in [0.3, 0.4) is 0 Å². The van der Waals surface area contributed by atoms with Gasteiger partial charge in [-0.1, -0.05) is 5.16 Å². The lowest BCUT2D eigenvalue weighted by molar-refractivity contribution is -0.161. The molecule has 0 aromatic carbocycles. The van der Waals surface area contributed by atoms with E-state index in [0.717, 1.165) is 37.4 Å². The van der Waals surface area contributed by atoms with Crippen molar-refractivity contribution in [3.05, 3.63) is 51.5 Å². The molecule has 2 atom stereocenters. The molecule has 1 aliphatic heterocycles. The van der Waals surface area contributed by atoms with Gasteiger partial charge in [-0.25, -0.2) is 24.1 Å². The van der Waals surface area contributed by atoms with Gasteiger partial charge in [0.15, 0.2) is 22.4 Å². The van der Waals surface area contributed by atoms with Crippen molar-refractivity contribution in [2.75, 3.05) is 12.3 Å². The third-order valence-corrected chi connectivity index (χ3v) is 7.68. The summed E-state index contributed by atoms with van der Waals surface area (Å²) < 4.78 is 33.5. The summed E-state index contributed by atoms with van der Waals surface area (Å²) in [6.07, 6.45) is 2.18. The van der Waals surface area contributed by atoms with Crippen LogP contribution in [0.5, 0.6) is 5.75 Å². The minimum Gasteiger partial charge on any atom is -0.503 e. The number of nitrogen functional groups attached to an aromatic ring is 1. The average molecular weight is 666 g/mol. The molecule has 0 bridgehead atoms. The molecule has 1 fully saturated rings. The maximum atomic E-state index is 13.2. The van der Waals surface area contributed by atoms with Gasteiger partial charge in [0.05, 0.1) is 11.7 Å². The number of pyridine rings is 1. The number of aromatic nitrogens is 4. The predicted octanol–water partition coefficient (Wildman–Crippen LogP) is -1.91. The summed E-state index contributed by atoms with van der Waals surface area (Å²) in [5.74, 6) is -5.41. The van der Waals surface area contributed by atoms with E-state index in [0.29, 0.717) is 0 Å². The topological polar surface area (TPSA) is 310 Å². The maximum Gasteiger partial charge on any atom is 0.362 e. The van der Waals surface area contributed by atoms with Crippen molar-refractivity contribution in [3.8, 4) is 17.3 Å². The van der Waals surface area contributed by atoms with Crippen molar-refractivity contribution in [1.82, 2.24) is 34.9 Å². The van der Waals surface area contributed by atoms with Gasteiger partial charge in [0.2, 0.25) is 11.0 Å². The van der Waals surface area contributed by atoms with Crippen LogP contribution in [0.2, 0.25) is 0 Å². The van der Waals surface area contributed by atoms with Crippen LogP contribution in [0.15, 0.2) is 39.9 Å². The monoisotopic (exact) mass is 665 g/mol. The minimum absolute atomic E-state index is 0.00509. The van der Waals surface area contributed by atoms with Crippen molar-refractivity contribution >= 4 is 56.2 Å². The van der Waals surface area contributed by atoms with E-state index in [1.807, 2.05) is 0 Å². The van der Waals surface area contributed by atoms with Crippen molar-refractivity contribution in [1.29, 1.82) is 0 Å². The zero-order valence-corrected chi connectivity index (χ0v) is 24.6. The lowest BCUT2D eigenvalue weighted by atomic mass is 9.98. The number of aromatic hydroxyl groups is 1. The highest BCUT2D eigenvalue weighted by atomic mass is 32.2. The van der Waals surface area contributed by atoms with Gasteiger partial charge in [-0.2, -0.15) is 8.42 Å². The molecule has 3 aromatic rings. The second-order valence-electron chi connectivity index (χ2n) is 9.62. The summed E-state index contributed by atoms with van der Waals surface area (Å²) >= 11 is 0.903. The number of H-pyrrole nitrogens is 1. The van der Waals surface area contributed by atoms with Crippen LogP contribution in [-0.4, -0.2) is 101 Å². The number of thiazole rings is 1. The van der Waals surface area contributed by atoms with Gasteiger partial charge in [0, 0.05) is 30.4 Å². The number of hydrogen-bond acceptors (Lipinski definition) is 15. The molecule has 1 saturated heterocycles. The van der Waals surface area contributed by atoms with Crippen LogP contribution in [0.25, 0.3) is 11.5 Å². The number of aromatic amines is 1. The summed E-state index contributed by atoms with van der Waals surface area (Å²) in [5.41, 5.74) is 2.02. The fraction of sp³-hybridized carbons (Fsp3) is 0.261. The van der Waals surface area contributed by atoms with E-state index in [1.165, 1.54) is 17.6 Å². The molecule has 238 valence electrons. The summed E-state index contributed by atoms with van der Waals surface area (Å²) in [5, 5.41) is 28.2. The smallest absolute Gasteiger partial charge is 0.362 e. The molecule has 0 spiro atoms. The molecule has 1 aliphatic rings. The number of β-lactam (4-membered cyclic amide) rings is 1. The quantitative estimate of drug-likeness (QED) is 0.0508. The summed E-state index contributed by atoms with van der Waals surface area (Å²) in [6.45, 7) is 1.66. The Balaban J connectivity index is 1.55. The van der Waals surface area contributed by atoms with Crippen LogP contribution in [-0.2, 0) is 29.5 Å². The Morgan fingerprint density at radius 3 is 2.56 bits per heavy atom. The Kier molecular flexibility index (Phi) is 8.83. The number of oxime groups is 1. The van der Waals surface area contributed by atoms with Crippen molar-refractivity contribution in [2.45, 2.75) is 31.5 Å². The number of nitrogens with two attached hydrogens (primary N) is 1. The number of rotatable bonds is 11. The number of nitrogens with zero attached hydrogens (tertiary/aromatic N) is 5. The fourth-order valence-electron chi connectivity index (χ4n) is 3.67. The summed E-state index contributed by atoms with van der Waals surface area (Å²) in [4.78, 5) is 81.4. The third kappa shape index (κ3) is 7.02. The van der Waals surface area contributed by atoms with Crippen molar-refractivity contribution in [2.24, 2.45) is 5.16 Å². The number of hydrogen-bond donors (Lipinski definition) is 7. The maximum absolute atomic E-state index is 13.2. The van der Waals surface area contributed by atoms with Gasteiger partial charge in [-0.15, -0.1) is 11.3 Å². The van der Waals surface area contributed by atoms with Crippen molar-refractivity contribution in [3.63, 3.8) is 0 Å². The molecule has 0 unspecified atom stereocenters. The minimum atomic E-state index is -5.15. The number of carboxylic acid groups (broad SMARTS) is 1. The lowest BCUT2D eigenvalue weighted by Crippen LogP contribution is -2.74. The number of carboxylic acids is 1. The Morgan fingerprint density at radius 2 is 1.96 bits per heavy atom. The predicted molar refractivity (Wildman–Crippen MR) is 152 cm³/mol. The van der Waals surface area contributed by atoms with Crippen LogP contribution in [0.4, 0.5) is 5.13 Å². The molecule has 0 radical (unpaired) electrons. The highest BCUT2D eigenvalue weighted by Crippen LogP contribution is 2.24. The molecule has 22 heteroatoms. The number of anilines is 1. The molecular formula is C23H23N9O11S2. The van der Waals surface area contributed by atoms with Gasteiger partial charge < -0.3 is 36.4 Å². The zero-order valence-electron chi connectivity index (χ0n) is 23.0. The normalized spacial score (nSPS) is 16.9. The van der Waals surface area contributed by atoms with E-state index in [-0.39, 0.29) is 32.3 Å². The number of nitrogens with one attached hydrogen (secondary N) is 3. The van der Waals surface area contributed by atoms with Gasteiger partial charge >= 0.3 is 16.3 Å². The number of carbonyl (C=O) groups excluding carboxylic acids is 3. The zero-order chi connectivity index (χ0) is 33.3. The summed E-state index contributed by atoms with van der Waals surface area (Å²) in [7, 11) is -5.15. The second-order valence-corrected chi connectivity index (χ2v) is 11.8. The van der Waals surface area contributed by atoms with Crippen molar-refractivity contribution < 1.29 is 47.2 Å². The van der Waals surface area contributed by atoms with Crippen LogP contribution in [0.1, 0.15) is 30.0 Å². The van der Waals surface area contributed by atoms with Gasteiger partial charge in [0.25, 0.3) is 17.7 Å². The molecule has 8 N–H and O–H groups in total. The molecule has 4 rings (SSSR count). The molecule has 0 aliphatic carbocycles. The number of aliphatic carboxylic acids is 1. The second kappa shape index (κ2) is 12.3. The lowest BCUT2D eigenvalue weighted by Gasteiger charge is -2.44. The molecule has 4 heterocycles. The fourth-order valence-corrected chi connectivity index (χ4v) is 5.09. The number of carbonyl (C=O) groups is 4. The highest BCUT2D eigenvalue weighted by Gasteiger charge is 2.54. The average Bonchev–Trinajstić information content (AvgIpc) is 3.39. The third-order valence-electron chi connectivity index (χ3n) is 6.06. The molecule has 0 saturated carbocycles. The first kappa shape index (κ1) is 32.4. The Labute approximate surface area is 255 Å². The van der Waals surface area contributed by atoms with E-state index in [4.69, 9.17) is 10.6 Å².